The third-order valence-electron chi connectivity index (χ3n) is 5.02. The number of hydrogen-bond acceptors (Lipinski definition) is 4. The molecule has 1 aromatic heterocycles. The van der Waals surface area contributed by atoms with Crippen LogP contribution in [0.15, 0.2) is 70.2 Å². The molecule has 0 radical (unpaired) electrons. The van der Waals surface area contributed by atoms with Gasteiger partial charge in [0, 0.05) is 27.8 Å². The van der Waals surface area contributed by atoms with E-state index in [-0.39, 0.29) is 11.9 Å². The number of para-hydroxylation sites is 1. The van der Waals surface area contributed by atoms with Crippen LogP contribution < -0.4 is 0 Å². The molecule has 152 valence electrons. The molecule has 1 unspecified atom stereocenters. The van der Waals surface area contributed by atoms with Gasteiger partial charge in [-0.25, -0.2) is 4.68 Å². The lowest BCUT2D eigenvalue weighted by Gasteiger charge is -2.21. The summed E-state index contributed by atoms with van der Waals surface area (Å²) in [5.41, 5.74) is 3.64. The third-order valence-corrected chi connectivity index (χ3v) is 6.88. The largest absolute Gasteiger partial charge is 0.290 e. The number of carbonyl (C=O) groups excluding carboxylic acids is 1. The molecule has 1 atom stereocenters. The van der Waals surface area contributed by atoms with Crippen LogP contribution >= 0.6 is 39.9 Å². The average Bonchev–Trinajstić information content (AvgIpc) is 3.30. The molecule has 1 aliphatic rings. The molecule has 2 heterocycles. The molecule has 4 rings (SSSR count). The number of thioether (sulfide) groups is 1. The van der Waals surface area contributed by atoms with Crippen molar-refractivity contribution in [3.05, 3.63) is 75.7 Å². The maximum atomic E-state index is 13.0. The lowest BCUT2D eigenvalue weighted by molar-refractivity contribution is -0.123. The molecule has 0 saturated carbocycles. The molecule has 0 bridgehead atoms. The van der Waals surface area contributed by atoms with Crippen LogP contribution in [0.4, 0.5) is 0 Å². The number of benzene rings is 2. The van der Waals surface area contributed by atoms with E-state index in [2.05, 4.69) is 22.9 Å². The highest BCUT2D eigenvalue weighted by Crippen LogP contribution is 2.36. The summed E-state index contributed by atoms with van der Waals surface area (Å²) in [6.07, 6.45) is 4.73. The van der Waals surface area contributed by atoms with Crippen molar-refractivity contribution < 1.29 is 4.79 Å². The standard InChI is InChI=1S/C23H20BrN3OS2/c1-3-15(2)27-22(28)20(30-23(27)29)13-17-14-26(19-7-5-4-6-8-19)25-21(17)16-9-11-18(24)12-10-16/h4-15H,3H2,1-2H3. The first-order valence-corrected chi connectivity index (χ1v) is 11.7. The van der Waals surface area contributed by atoms with E-state index in [0.29, 0.717) is 9.23 Å². The Balaban J connectivity index is 1.79. The summed E-state index contributed by atoms with van der Waals surface area (Å²) in [7, 11) is 0. The van der Waals surface area contributed by atoms with Gasteiger partial charge >= 0.3 is 0 Å². The van der Waals surface area contributed by atoms with Gasteiger partial charge in [0.25, 0.3) is 5.91 Å². The van der Waals surface area contributed by atoms with Gasteiger partial charge in [-0.3, -0.25) is 9.69 Å². The minimum atomic E-state index is -0.0337. The van der Waals surface area contributed by atoms with Crippen LogP contribution in [0.2, 0.25) is 0 Å². The SMILES string of the molecule is CCC(C)N1C(=O)C(=Cc2cn(-c3ccccc3)nc2-c2ccc(Br)cc2)SC1=S. The van der Waals surface area contributed by atoms with Crippen molar-refractivity contribution in [3.8, 4) is 16.9 Å². The maximum absolute atomic E-state index is 13.0. The zero-order valence-electron chi connectivity index (χ0n) is 16.6. The van der Waals surface area contributed by atoms with Gasteiger partial charge in [0.05, 0.1) is 16.3 Å². The Morgan fingerprint density at radius 1 is 1.17 bits per heavy atom. The molecule has 3 aromatic rings. The van der Waals surface area contributed by atoms with Gasteiger partial charge in [-0.2, -0.15) is 5.10 Å². The fourth-order valence-electron chi connectivity index (χ4n) is 3.22. The van der Waals surface area contributed by atoms with Gasteiger partial charge in [0.2, 0.25) is 0 Å². The Labute approximate surface area is 194 Å². The lowest BCUT2D eigenvalue weighted by atomic mass is 10.1. The Morgan fingerprint density at radius 3 is 2.53 bits per heavy atom. The van der Waals surface area contributed by atoms with Crippen molar-refractivity contribution >= 4 is 56.2 Å². The molecular formula is C23H20BrN3OS2. The highest BCUT2D eigenvalue weighted by Gasteiger charge is 2.35. The third kappa shape index (κ3) is 4.15. The second-order valence-electron chi connectivity index (χ2n) is 7.03. The zero-order chi connectivity index (χ0) is 21.3. The van der Waals surface area contributed by atoms with Gasteiger partial charge in [-0.05, 0) is 43.7 Å². The quantitative estimate of drug-likeness (QED) is 0.306. The Bertz CT molecular complexity index is 1120. The van der Waals surface area contributed by atoms with Crippen LogP contribution in [0.1, 0.15) is 25.8 Å². The molecule has 0 spiro atoms. The van der Waals surface area contributed by atoms with E-state index in [4.69, 9.17) is 17.3 Å². The summed E-state index contributed by atoms with van der Waals surface area (Å²) < 4.78 is 3.46. The van der Waals surface area contributed by atoms with E-state index < -0.39 is 0 Å². The second-order valence-corrected chi connectivity index (χ2v) is 9.62. The number of amides is 1. The molecule has 1 fully saturated rings. The lowest BCUT2D eigenvalue weighted by Crippen LogP contribution is -2.36. The van der Waals surface area contributed by atoms with Gasteiger partial charge < -0.3 is 0 Å². The van der Waals surface area contributed by atoms with Crippen molar-refractivity contribution in [3.63, 3.8) is 0 Å². The highest BCUT2D eigenvalue weighted by atomic mass is 79.9. The number of hydrogen-bond donors (Lipinski definition) is 0. The summed E-state index contributed by atoms with van der Waals surface area (Å²) in [5, 5.41) is 4.83. The summed E-state index contributed by atoms with van der Waals surface area (Å²) in [5.74, 6) is -0.0337. The Morgan fingerprint density at radius 2 is 1.87 bits per heavy atom. The van der Waals surface area contributed by atoms with E-state index in [1.165, 1.54) is 11.8 Å². The molecule has 1 saturated heterocycles. The maximum Gasteiger partial charge on any atom is 0.266 e. The first-order valence-electron chi connectivity index (χ1n) is 9.66. The molecule has 1 aliphatic heterocycles. The monoisotopic (exact) mass is 497 g/mol. The van der Waals surface area contributed by atoms with Crippen molar-refractivity contribution in [2.75, 3.05) is 0 Å². The van der Waals surface area contributed by atoms with Crippen molar-refractivity contribution in [1.29, 1.82) is 0 Å². The first-order chi connectivity index (χ1) is 14.5. The summed E-state index contributed by atoms with van der Waals surface area (Å²) in [4.78, 5) is 15.4. The van der Waals surface area contributed by atoms with Gasteiger partial charge in [0.15, 0.2) is 0 Å². The molecular weight excluding hydrogens is 478 g/mol. The van der Waals surface area contributed by atoms with Gasteiger partial charge in [0.1, 0.15) is 4.32 Å². The van der Waals surface area contributed by atoms with Crippen LogP contribution in [-0.2, 0) is 4.79 Å². The summed E-state index contributed by atoms with van der Waals surface area (Å²) in [6.45, 7) is 4.08. The smallest absolute Gasteiger partial charge is 0.266 e. The number of aromatic nitrogens is 2. The van der Waals surface area contributed by atoms with Crippen molar-refractivity contribution in [1.82, 2.24) is 14.7 Å². The second kappa shape index (κ2) is 8.88. The number of nitrogens with zero attached hydrogens (tertiary/aromatic N) is 3. The predicted molar refractivity (Wildman–Crippen MR) is 131 cm³/mol. The first kappa shape index (κ1) is 21.0. The van der Waals surface area contributed by atoms with E-state index in [0.717, 1.165) is 33.4 Å². The molecule has 7 heteroatoms. The van der Waals surface area contributed by atoms with Crippen LogP contribution in [0.5, 0.6) is 0 Å². The Kier molecular flexibility index (Phi) is 6.22. The van der Waals surface area contributed by atoms with Crippen LogP contribution in [0.25, 0.3) is 23.0 Å². The van der Waals surface area contributed by atoms with Crippen LogP contribution in [0.3, 0.4) is 0 Å². The highest BCUT2D eigenvalue weighted by molar-refractivity contribution is 9.10. The minimum Gasteiger partial charge on any atom is -0.290 e. The Hall–Kier alpha value is -2.22. The molecule has 4 nitrogen and oxygen atoms in total. The fraction of sp³-hybridized carbons (Fsp3) is 0.174. The predicted octanol–water partition coefficient (Wildman–Crippen LogP) is 6.30. The molecule has 1 amide bonds. The normalized spacial score (nSPS) is 16.5. The number of carbonyl (C=O) groups is 1. The van der Waals surface area contributed by atoms with E-state index in [1.807, 2.05) is 78.5 Å². The van der Waals surface area contributed by atoms with Crippen LogP contribution in [-0.4, -0.2) is 30.9 Å². The van der Waals surface area contributed by atoms with Crippen molar-refractivity contribution in [2.45, 2.75) is 26.3 Å². The summed E-state index contributed by atoms with van der Waals surface area (Å²) in [6, 6.07) is 18.0. The molecule has 0 N–H and O–H groups in total. The number of thiocarbonyl (C=S) groups is 1. The topological polar surface area (TPSA) is 38.1 Å². The van der Waals surface area contributed by atoms with Crippen LogP contribution in [0, 0.1) is 0 Å². The van der Waals surface area contributed by atoms with Gasteiger partial charge in [-0.15, -0.1) is 0 Å². The average molecular weight is 498 g/mol. The van der Waals surface area contributed by atoms with E-state index in [1.54, 1.807) is 4.90 Å². The summed E-state index contributed by atoms with van der Waals surface area (Å²) >= 11 is 10.3. The fourth-order valence-corrected chi connectivity index (χ4v) is 4.94. The molecule has 2 aromatic carbocycles. The van der Waals surface area contributed by atoms with E-state index in [9.17, 15) is 4.79 Å². The zero-order valence-corrected chi connectivity index (χ0v) is 19.8. The molecule has 30 heavy (non-hydrogen) atoms. The molecule has 0 aliphatic carbocycles. The van der Waals surface area contributed by atoms with Gasteiger partial charge in [-0.1, -0.05) is 77.2 Å². The van der Waals surface area contributed by atoms with Crippen molar-refractivity contribution in [2.24, 2.45) is 0 Å². The number of rotatable bonds is 5. The number of halogens is 1. The minimum absolute atomic E-state index is 0.0337. The van der Waals surface area contributed by atoms with E-state index >= 15 is 0 Å².